The van der Waals surface area contributed by atoms with Crippen molar-refractivity contribution >= 4 is 5.78 Å². The molecule has 3 saturated carbocycles. The van der Waals surface area contributed by atoms with Crippen molar-refractivity contribution in [2.24, 2.45) is 34.5 Å². The third-order valence-electron chi connectivity index (χ3n) is 7.77. The van der Waals surface area contributed by atoms with Gasteiger partial charge in [0.1, 0.15) is 5.78 Å². The van der Waals surface area contributed by atoms with Gasteiger partial charge in [-0.05, 0) is 60.2 Å². The second-order valence-electron chi connectivity index (χ2n) is 8.33. The predicted octanol–water partition coefficient (Wildman–Crippen LogP) is 4.84. The lowest BCUT2D eigenvalue weighted by atomic mass is 9.58. The number of rotatable bonds is 2. The van der Waals surface area contributed by atoms with E-state index >= 15 is 0 Å². The summed E-state index contributed by atoms with van der Waals surface area (Å²) >= 11 is 0. The first kappa shape index (κ1) is 13.6. The summed E-state index contributed by atoms with van der Waals surface area (Å²) in [5.74, 6) is 3.78. The van der Waals surface area contributed by atoms with Gasteiger partial charge in [-0.25, -0.2) is 0 Å². The molecule has 0 aromatic carbocycles. The molecule has 108 valence electrons. The smallest absolute Gasteiger partial charge is 0.133 e. The Morgan fingerprint density at radius 3 is 2.47 bits per heavy atom. The minimum absolute atomic E-state index is 0.493. The molecule has 3 rings (SSSR count). The van der Waals surface area contributed by atoms with Crippen molar-refractivity contribution in [3.8, 4) is 0 Å². The molecule has 0 spiro atoms. The van der Waals surface area contributed by atoms with Crippen molar-refractivity contribution in [3.63, 3.8) is 0 Å². The molecule has 0 aromatic rings. The van der Waals surface area contributed by atoms with Gasteiger partial charge >= 0.3 is 0 Å². The molecule has 0 amide bonds. The minimum atomic E-state index is 0.493. The number of ketones is 1. The van der Waals surface area contributed by atoms with E-state index in [1.165, 1.54) is 25.7 Å². The molecule has 2 unspecified atom stereocenters. The van der Waals surface area contributed by atoms with Crippen LogP contribution in [0.5, 0.6) is 0 Å². The largest absolute Gasteiger partial charge is 0.300 e. The molecular formula is C18H30O. The molecular weight excluding hydrogens is 232 g/mol. The molecule has 0 radical (unpaired) electrons. The highest BCUT2D eigenvalue weighted by atomic mass is 16.1. The normalized spacial score (nSPS) is 48.7. The topological polar surface area (TPSA) is 17.1 Å². The van der Waals surface area contributed by atoms with Gasteiger partial charge in [-0.1, -0.05) is 34.1 Å². The molecule has 5 atom stereocenters. The zero-order valence-corrected chi connectivity index (χ0v) is 13.2. The van der Waals surface area contributed by atoms with Gasteiger partial charge in [0.2, 0.25) is 0 Å². The van der Waals surface area contributed by atoms with Crippen molar-refractivity contribution in [2.45, 2.75) is 72.6 Å². The third-order valence-corrected chi connectivity index (χ3v) is 7.77. The number of fused-ring (bicyclic) bond motifs is 2. The molecule has 0 N–H and O–H groups in total. The van der Waals surface area contributed by atoms with Gasteiger partial charge in [-0.15, -0.1) is 0 Å². The molecule has 0 heterocycles. The van der Waals surface area contributed by atoms with E-state index in [0.29, 0.717) is 22.5 Å². The van der Waals surface area contributed by atoms with E-state index in [-0.39, 0.29) is 0 Å². The van der Waals surface area contributed by atoms with Gasteiger partial charge in [0.25, 0.3) is 0 Å². The Morgan fingerprint density at radius 1 is 1.21 bits per heavy atom. The molecule has 3 aliphatic carbocycles. The number of Topliss-reactive ketones (excluding diaryl/α,β-unsaturated/α-hetero) is 1. The first-order valence-corrected chi connectivity index (χ1v) is 8.42. The summed E-state index contributed by atoms with van der Waals surface area (Å²) in [6.07, 6.45) is 8.41. The van der Waals surface area contributed by atoms with Crippen molar-refractivity contribution in [3.05, 3.63) is 0 Å². The summed E-state index contributed by atoms with van der Waals surface area (Å²) in [7, 11) is 0. The number of carbonyl (C=O) groups excluding carboxylic acids is 1. The van der Waals surface area contributed by atoms with Crippen LogP contribution in [0.4, 0.5) is 0 Å². The van der Waals surface area contributed by atoms with Gasteiger partial charge in [0.05, 0.1) is 0 Å². The van der Waals surface area contributed by atoms with E-state index in [1.807, 2.05) is 0 Å². The van der Waals surface area contributed by atoms with Crippen LogP contribution in [-0.4, -0.2) is 5.78 Å². The highest BCUT2D eigenvalue weighted by molar-refractivity contribution is 5.79. The number of hydrogen-bond donors (Lipinski definition) is 0. The molecule has 3 aliphatic rings. The van der Waals surface area contributed by atoms with Crippen molar-refractivity contribution in [1.82, 2.24) is 0 Å². The zero-order chi connectivity index (χ0) is 13.8. The molecule has 3 fully saturated rings. The minimum Gasteiger partial charge on any atom is -0.300 e. The van der Waals surface area contributed by atoms with E-state index in [9.17, 15) is 4.79 Å². The van der Waals surface area contributed by atoms with E-state index in [2.05, 4.69) is 27.7 Å². The first-order chi connectivity index (χ1) is 8.90. The van der Waals surface area contributed by atoms with Gasteiger partial charge in [0.15, 0.2) is 0 Å². The Hall–Kier alpha value is -0.330. The second kappa shape index (κ2) is 4.33. The van der Waals surface area contributed by atoms with Crippen LogP contribution in [0.25, 0.3) is 0 Å². The maximum absolute atomic E-state index is 12.0. The molecule has 0 saturated heterocycles. The Kier molecular flexibility index (Phi) is 3.11. The maximum Gasteiger partial charge on any atom is 0.133 e. The number of hydrogen-bond acceptors (Lipinski definition) is 1. The van der Waals surface area contributed by atoms with Crippen LogP contribution in [0.2, 0.25) is 0 Å². The average molecular weight is 262 g/mol. The third kappa shape index (κ3) is 1.76. The van der Waals surface area contributed by atoms with E-state index < -0.39 is 0 Å². The highest BCUT2D eigenvalue weighted by Gasteiger charge is 2.63. The van der Waals surface area contributed by atoms with Crippen LogP contribution < -0.4 is 0 Å². The maximum atomic E-state index is 12.0. The van der Waals surface area contributed by atoms with Crippen molar-refractivity contribution < 1.29 is 4.79 Å². The Bertz CT molecular complexity index is 383. The fourth-order valence-corrected chi connectivity index (χ4v) is 5.98. The van der Waals surface area contributed by atoms with E-state index in [1.54, 1.807) is 0 Å². The van der Waals surface area contributed by atoms with Crippen LogP contribution in [0, 0.1) is 34.5 Å². The van der Waals surface area contributed by atoms with Crippen molar-refractivity contribution in [2.75, 3.05) is 0 Å². The lowest BCUT2D eigenvalue weighted by Crippen LogP contribution is -2.40. The second-order valence-corrected chi connectivity index (χ2v) is 8.33. The van der Waals surface area contributed by atoms with Crippen LogP contribution in [0.3, 0.4) is 0 Å². The van der Waals surface area contributed by atoms with Gasteiger partial charge < -0.3 is 0 Å². The lowest BCUT2D eigenvalue weighted by molar-refractivity contribution is -0.124. The monoisotopic (exact) mass is 262 g/mol. The standard InChI is InChI=1S/C18H30O/c1-5-12-6-7-14(19)11-15(12)16-10-13-8-9-18(16,4)17(13,2)3/h12-13,15-16H,5-11H2,1-4H3/t12?,13-,15?,16+,18+/m1/s1. The molecule has 1 nitrogen and oxygen atoms in total. The summed E-state index contributed by atoms with van der Waals surface area (Å²) in [5, 5.41) is 0. The summed E-state index contributed by atoms with van der Waals surface area (Å²) in [6.45, 7) is 9.86. The fourth-order valence-electron chi connectivity index (χ4n) is 5.98. The predicted molar refractivity (Wildman–Crippen MR) is 78.8 cm³/mol. The Balaban J connectivity index is 1.88. The Morgan fingerprint density at radius 2 is 1.95 bits per heavy atom. The van der Waals surface area contributed by atoms with E-state index in [0.717, 1.165) is 37.0 Å². The molecule has 0 aliphatic heterocycles. The lowest BCUT2D eigenvalue weighted by Gasteiger charge is -2.46. The van der Waals surface area contributed by atoms with Gasteiger partial charge in [-0.2, -0.15) is 0 Å². The molecule has 2 bridgehead atoms. The average Bonchev–Trinajstić information content (AvgIpc) is 2.71. The first-order valence-electron chi connectivity index (χ1n) is 8.42. The van der Waals surface area contributed by atoms with Crippen LogP contribution in [0.15, 0.2) is 0 Å². The quantitative estimate of drug-likeness (QED) is 0.695. The molecule has 19 heavy (non-hydrogen) atoms. The summed E-state index contributed by atoms with van der Waals surface area (Å²) in [4.78, 5) is 12.0. The summed E-state index contributed by atoms with van der Waals surface area (Å²) < 4.78 is 0. The highest BCUT2D eigenvalue weighted by Crippen LogP contribution is 2.70. The van der Waals surface area contributed by atoms with Crippen LogP contribution in [0.1, 0.15) is 72.6 Å². The van der Waals surface area contributed by atoms with Crippen LogP contribution in [-0.2, 0) is 4.79 Å². The Labute approximate surface area is 118 Å². The van der Waals surface area contributed by atoms with E-state index in [4.69, 9.17) is 0 Å². The molecule has 1 heteroatoms. The summed E-state index contributed by atoms with van der Waals surface area (Å²) in [6, 6.07) is 0. The SMILES string of the molecule is CCC1CCC(=O)CC1[C@@H]1C[C@H]2CC[C@]1(C)C2(C)C. The summed E-state index contributed by atoms with van der Waals surface area (Å²) in [5.41, 5.74) is 0.990. The zero-order valence-electron chi connectivity index (χ0n) is 13.2. The van der Waals surface area contributed by atoms with Gasteiger partial charge in [-0.3, -0.25) is 4.79 Å². The van der Waals surface area contributed by atoms with Crippen LogP contribution >= 0.6 is 0 Å². The number of carbonyl (C=O) groups is 1. The molecule has 0 aromatic heterocycles. The van der Waals surface area contributed by atoms with Gasteiger partial charge in [0, 0.05) is 12.8 Å². The fraction of sp³-hybridized carbons (Fsp3) is 0.944. The van der Waals surface area contributed by atoms with Crippen molar-refractivity contribution in [1.29, 1.82) is 0 Å².